The minimum atomic E-state index is -0.483. The van der Waals surface area contributed by atoms with Gasteiger partial charge in [-0.3, -0.25) is 4.79 Å². The standard InChI is InChI=1S/C20H17NO5S/c1-12-8-15(16(22)10-24-20(23)19-4-3-7-27-19)13(2)21(12)14-5-6-17-18(9-14)26-11-25-17/h3-9H,10-11H2,1-2H3. The molecule has 3 aromatic rings. The van der Waals surface area contributed by atoms with E-state index < -0.39 is 5.97 Å². The predicted octanol–water partition coefficient (Wildman–Crippen LogP) is 3.92. The second kappa shape index (κ2) is 6.92. The van der Waals surface area contributed by atoms with Gasteiger partial charge in [-0.2, -0.15) is 0 Å². The highest BCUT2D eigenvalue weighted by atomic mass is 32.1. The summed E-state index contributed by atoms with van der Waals surface area (Å²) >= 11 is 1.28. The maximum atomic E-state index is 12.6. The molecule has 3 heterocycles. The first-order chi connectivity index (χ1) is 13.0. The lowest BCUT2D eigenvalue weighted by molar-refractivity contribution is 0.0479. The maximum Gasteiger partial charge on any atom is 0.348 e. The number of benzene rings is 1. The highest BCUT2D eigenvalue weighted by molar-refractivity contribution is 7.11. The SMILES string of the molecule is Cc1cc(C(=O)COC(=O)c2cccs2)c(C)n1-c1ccc2c(c1)OCO2. The lowest BCUT2D eigenvalue weighted by Gasteiger charge is -2.10. The first kappa shape index (κ1) is 17.4. The van der Waals surface area contributed by atoms with E-state index in [1.807, 2.05) is 36.6 Å². The Morgan fingerprint density at radius 2 is 1.96 bits per heavy atom. The Kier molecular flexibility index (Phi) is 4.45. The van der Waals surface area contributed by atoms with Gasteiger partial charge in [0.2, 0.25) is 12.6 Å². The van der Waals surface area contributed by atoms with Gasteiger partial charge in [-0.1, -0.05) is 6.07 Å². The van der Waals surface area contributed by atoms with Crippen LogP contribution in [0.5, 0.6) is 11.5 Å². The number of hydrogen-bond donors (Lipinski definition) is 0. The topological polar surface area (TPSA) is 66.8 Å². The van der Waals surface area contributed by atoms with Crippen molar-refractivity contribution in [3.63, 3.8) is 0 Å². The van der Waals surface area contributed by atoms with E-state index in [9.17, 15) is 9.59 Å². The van der Waals surface area contributed by atoms with Crippen molar-refractivity contribution in [2.75, 3.05) is 13.4 Å². The first-order valence-electron chi connectivity index (χ1n) is 8.37. The molecule has 0 N–H and O–H groups in total. The number of fused-ring (bicyclic) bond motifs is 1. The van der Waals surface area contributed by atoms with Crippen LogP contribution in [0.15, 0.2) is 41.8 Å². The molecule has 7 heteroatoms. The Labute approximate surface area is 159 Å². The molecule has 0 amide bonds. The lowest BCUT2D eigenvalue weighted by Crippen LogP contribution is -2.14. The second-order valence-corrected chi connectivity index (χ2v) is 7.08. The summed E-state index contributed by atoms with van der Waals surface area (Å²) in [4.78, 5) is 25.0. The van der Waals surface area contributed by atoms with E-state index in [0.29, 0.717) is 21.9 Å². The number of aryl methyl sites for hydroxylation is 1. The van der Waals surface area contributed by atoms with E-state index in [0.717, 1.165) is 17.1 Å². The molecule has 27 heavy (non-hydrogen) atoms. The third kappa shape index (κ3) is 3.21. The number of carbonyl (C=O) groups excluding carboxylic acids is 2. The summed E-state index contributed by atoms with van der Waals surface area (Å²) in [5, 5.41) is 1.79. The minimum Gasteiger partial charge on any atom is -0.454 e. The number of Topliss-reactive ketones (excluding diaryl/α,β-unsaturated/α-hetero) is 1. The highest BCUT2D eigenvalue weighted by Crippen LogP contribution is 2.34. The summed E-state index contributed by atoms with van der Waals surface area (Å²) in [5.41, 5.74) is 3.09. The van der Waals surface area contributed by atoms with Gasteiger partial charge in [-0.05, 0) is 43.5 Å². The van der Waals surface area contributed by atoms with Crippen molar-refractivity contribution in [1.29, 1.82) is 0 Å². The van der Waals surface area contributed by atoms with Gasteiger partial charge in [-0.25, -0.2) is 4.79 Å². The van der Waals surface area contributed by atoms with E-state index in [1.54, 1.807) is 23.6 Å². The Morgan fingerprint density at radius 1 is 1.15 bits per heavy atom. The van der Waals surface area contributed by atoms with Gasteiger partial charge in [0.15, 0.2) is 18.1 Å². The Morgan fingerprint density at radius 3 is 2.74 bits per heavy atom. The molecule has 2 aromatic heterocycles. The number of thiophene rings is 1. The third-order valence-corrected chi connectivity index (χ3v) is 5.25. The molecule has 4 rings (SSSR count). The predicted molar refractivity (Wildman–Crippen MR) is 100 cm³/mol. The van der Waals surface area contributed by atoms with Crippen LogP contribution >= 0.6 is 11.3 Å². The van der Waals surface area contributed by atoms with E-state index >= 15 is 0 Å². The molecule has 0 fully saturated rings. The molecule has 1 aliphatic heterocycles. The van der Waals surface area contributed by atoms with E-state index in [2.05, 4.69) is 0 Å². The third-order valence-electron chi connectivity index (χ3n) is 4.40. The van der Waals surface area contributed by atoms with E-state index in [1.165, 1.54) is 11.3 Å². The van der Waals surface area contributed by atoms with Crippen LogP contribution in [0.4, 0.5) is 0 Å². The van der Waals surface area contributed by atoms with Crippen LogP contribution in [0.25, 0.3) is 5.69 Å². The number of esters is 1. The zero-order valence-electron chi connectivity index (χ0n) is 14.9. The average Bonchev–Trinajstić information content (AvgIpc) is 3.39. The number of hydrogen-bond acceptors (Lipinski definition) is 6. The van der Waals surface area contributed by atoms with Gasteiger partial charge in [0, 0.05) is 28.7 Å². The summed E-state index contributed by atoms with van der Waals surface area (Å²) in [7, 11) is 0. The molecule has 0 aliphatic carbocycles. The van der Waals surface area contributed by atoms with Crippen molar-refractivity contribution in [3.8, 4) is 17.2 Å². The molecule has 0 radical (unpaired) electrons. The lowest BCUT2D eigenvalue weighted by atomic mass is 10.1. The fourth-order valence-electron chi connectivity index (χ4n) is 3.14. The van der Waals surface area contributed by atoms with Crippen molar-refractivity contribution in [2.24, 2.45) is 0 Å². The summed E-state index contributed by atoms with van der Waals surface area (Å²) in [6.07, 6.45) is 0. The van der Waals surface area contributed by atoms with Crippen molar-refractivity contribution in [3.05, 3.63) is 63.6 Å². The van der Waals surface area contributed by atoms with Gasteiger partial charge in [0.05, 0.1) is 0 Å². The monoisotopic (exact) mass is 383 g/mol. The average molecular weight is 383 g/mol. The molecule has 1 aromatic carbocycles. The number of aromatic nitrogens is 1. The normalized spacial score (nSPS) is 12.2. The van der Waals surface area contributed by atoms with Crippen molar-refractivity contribution in [1.82, 2.24) is 4.57 Å². The molecular weight excluding hydrogens is 366 g/mol. The van der Waals surface area contributed by atoms with Gasteiger partial charge in [-0.15, -0.1) is 11.3 Å². The van der Waals surface area contributed by atoms with Gasteiger partial charge < -0.3 is 18.8 Å². The largest absolute Gasteiger partial charge is 0.454 e. The summed E-state index contributed by atoms with van der Waals surface area (Å²) in [5.74, 6) is 0.665. The maximum absolute atomic E-state index is 12.6. The smallest absolute Gasteiger partial charge is 0.348 e. The van der Waals surface area contributed by atoms with Crippen LogP contribution in [0, 0.1) is 13.8 Å². The molecule has 0 saturated carbocycles. The van der Waals surface area contributed by atoms with Gasteiger partial charge in [0.1, 0.15) is 4.88 Å². The summed E-state index contributed by atoms with van der Waals surface area (Å²) < 4.78 is 17.9. The van der Waals surface area contributed by atoms with Crippen molar-refractivity contribution >= 4 is 23.1 Å². The fourth-order valence-corrected chi connectivity index (χ4v) is 3.76. The summed E-state index contributed by atoms with van der Waals surface area (Å²) in [6.45, 7) is 3.71. The molecule has 6 nitrogen and oxygen atoms in total. The number of nitrogens with zero attached hydrogens (tertiary/aromatic N) is 1. The second-order valence-electron chi connectivity index (χ2n) is 6.13. The van der Waals surface area contributed by atoms with Crippen molar-refractivity contribution in [2.45, 2.75) is 13.8 Å². The zero-order chi connectivity index (χ0) is 19.0. The Hall–Kier alpha value is -3.06. The molecule has 0 saturated heterocycles. The molecule has 0 spiro atoms. The highest BCUT2D eigenvalue weighted by Gasteiger charge is 2.20. The Bertz CT molecular complexity index is 1020. The van der Waals surface area contributed by atoms with Crippen LogP contribution in [-0.2, 0) is 4.74 Å². The fraction of sp³-hybridized carbons (Fsp3) is 0.200. The van der Waals surface area contributed by atoms with Crippen LogP contribution in [0.3, 0.4) is 0 Å². The number of ketones is 1. The number of carbonyl (C=O) groups is 2. The van der Waals surface area contributed by atoms with Crippen molar-refractivity contribution < 1.29 is 23.8 Å². The number of rotatable bonds is 5. The van der Waals surface area contributed by atoms with Crippen LogP contribution in [0.1, 0.15) is 31.4 Å². The molecule has 0 bridgehead atoms. The van der Waals surface area contributed by atoms with E-state index in [4.69, 9.17) is 14.2 Å². The number of ether oxygens (including phenoxy) is 3. The molecular formula is C20H17NO5S. The van der Waals surface area contributed by atoms with Gasteiger partial charge >= 0.3 is 5.97 Å². The minimum absolute atomic E-state index is 0.210. The molecule has 0 unspecified atom stereocenters. The van der Waals surface area contributed by atoms with E-state index in [-0.39, 0.29) is 19.2 Å². The summed E-state index contributed by atoms with van der Waals surface area (Å²) in [6, 6.07) is 10.9. The zero-order valence-corrected chi connectivity index (χ0v) is 15.7. The van der Waals surface area contributed by atoms with Crippen LogP contribution in [-0.4, -0.2) is 29.7 Å². The van der Waals surface area contributed by atoms with Crippen LogP contribution in [0.2, 0.25) is 0 Å². The Balaban J connectivity index is 1.55. The quantitative estimate of drug-likeness (QED) is 0.493. The van der Waals surface area contributed by atoms with Gasteiger partial charge in [0.25, 0.3) is 0 Å². The first-order valence-corrected chi connectivity index (χ1v) is 9.25. The van der Waals surface area contributed by atoms with Crippen LogP contribution < -0.4 is 9.47 Å². The molecule has 1 aliphatic rings. The molecule has 138 valence electrons. The molecule has 0 atom stereocenters.